The zero-order chi connectivity index (χ0) is 13.5. The van der Waals surface area contributed by atoms with E-state index in [1.165, 1.54) is 13.2 Å². The Hall–Kier alpha value is -1.13. The van der Waals surface area contributed by atoms with Crippen LogP contribution in [0.15, 0.2) is 18.2 Å². The maximum absolute atomic E-state index is 13.3. The number of methoxy groups -OCH3 is 1. The average Bonchev–Trinajstić information content (AvgIpc) is 2.35. The minimum atomic E-state index is -0.348. The fourth-order valence-electron chi connectivity index (χ4n) is 1.97. The molecule has 18 heavy (non-hydrogen) atoms. The Labute approximate surface area is 108 Å². The largest absolute Gasteiger partial charge is 0.494 e. The third-order valence-corrected chi connectivity index (χ3v) is 3.05. The van der Waals surface area contributed by atoms with Crippen LogP contribution in [-0.2, 0) is 0 Å². The van der Waals surface area contributed by atoms with Gasteiger partial charge in [-0.3, -0.25) is 11.3 Å². The predicted molar refractivity (Wildman–Crippen MR) is 71.7 cm³/mol. The molecule has 0 bridgehead atoms. The van der Waals surface area contributed by atoms with Crippen molar-refractivity contribution in [2.24, 2.45) is 11.8 Å². The van der Waals surface area contributed by atoms with E-state index in [1.54, 1.807) is 12.1 Å². The van der Waals surface area contributed by atoms with E-state index in [4.69, 9.17) is 10.6 Å². The van der Waals surface area contributed by atoms with E-state index >= 15 is 0 Å². The molecule has 1 aromatic rings. The SMILES string of the molecule is COc1cc(C(CCCC(C)C)NN)ccc1F. The predicted octanol–water partition coefficient (Wildman–Crippen LogP) is 3.17. The van der Waals surface area contributed by atoms with Crippen molar-refractivity contribution in [3.05, 3.63) is 29.6 Å². The molecule has 0 heterocycles. The van der Waals surface area contributed by atoms with Gasteiger partial charge in [0.15, 0.2) is 11.6 Å². The van der Waals surface area contributed by atoms with Gasteiger partial charge in [0.25, 0.3) is 0 Å². The van der Waals surface area contributed by atoms with Crippen LogP contribution >= 0.6 is 0 Å². The third-order valence-electron chi connectivity index (χ3n) is 3.05. The lowest BCUT2D eigenvalue weighted by molar-refractivity contribution is 0.383. The van der Waals surface area contributed by atoms with Crippen LogP contribution in [0.2, 0.25) is 0 Å². The first kappa shape index (κ1) is 14.9. The summed E-state index contributed by atoms with van der Waals surface area (Å²) in [5.41, 5.74) is 3.74. The summed E-state index contributed by atoms with van der Waals surface area (Å²) < 4.78 is 18.3. The van der Waals surface area contributed by atoms with Crippen LogP contribution in [0.3, 0.4) is 0 Å². The summed E-state index contributed by atoms with van der Waals surface area (Å²) in [6, 6.07) is 4.91. The monoisotopic (exact) mass is 254 g/mol. The second kappa shape index (κ2) is 7.34. The van der Waals surface area contributed by atoms with Gasteiger partial charge in [-0.1, -0.05) is 32.8 Å². The molecule has 4 heteroatoms. The molecule has 1 atom stereocenters. The molecule has 3 N–H and O–H groups in total. The van der Waals surface area contributed by atoms with E-state index in [0.717, 1.165) is 24.8 Å². The third kappa shape index (κ3) is 4.27. The van der Waals surface area contributed by atoms with Crippen LogP contribution in [0, 0.1) is 11.7 Å². The number of rotatable bonds is 7. The Bertz CT molecular complexity index is 369. The van der Waals surface area contributed by atoms with Crippen LogP contribution in [-0.4, -0.2) is 7.11 Å². The molecule has 0 saturated carbocycles. The normalized spacial score (nSPS) is 12.8. The van der Waals surface area contributed by atoms with E-state index < -0.39 is 0 Å². The number of hydrazine groups is 1. The number of benzene rings is 1. The van der Waals surface area contributed by atoms with Gasteiger partial charge in [-0.05, 0) is 30.0 Å². The fourth-order valence-corrected chi connectivity index (χ4v) is 1.97. The van der Waals surface area contributed by atoms with Crippen LogP contribution in [0.25, 0.3) is 0 Å². The lowest BCUT2D eigenvalue weighted by atomic mass is 9.98. The smallest absolute Gasteiger partial charge is 0.165 e. The Morgan fingerprint density at radius 2 is 2.06 bits per heavy atom. The molecular weight excluding hydrogens is 231 g/mol. The van der Waals surface area contributed by atoms with Crippen LogP contribution < -0.4 is 16.0 Å². The van der Waals surface area contributed by atoms with Gasteiger partial charge in [-0.15, -0.1) is 0 Å². The van der Waals surface area contributed by atoms with E-state index in [0.29, 0.717) is 5.92 Å². The molecule has 1 rings (SSSR count). The maximum atomic E-state index is 13.3. The molecule has 0 fully saturated rings. The van der Waals surface area contributed by atoms with Gasteiger partial charge < -0.3 is 4.74 Å². The minimum Gasteiger partial charge on any atom is -0.494 e. The molecule has 0 amide bonds. The highest BCUT2D eigenvalue weighted by molar-refractivity contribution is 5.32. The molecule has 0 aliphatic rings. The van der Waals surface area contributed by atoms with Crippen molar-refractivity contribution in [3.8, 4) is 5.75 Å². The summed E-state index contributed by atoms with van der Waals surface area (Å²) in [6.45, 7) is 4.40. The minimum absolute atomic E-state index is 0.0400. The van der Waals surface area contributed by atoms with Gasteiger partial charge in [-0.2, -0.15) is 0 Å². The Kier molecular flexibility index (Phi) is 6.09. The summed E-state index contributed by atoms with van der Waals surface area (Å²) >= 11 is 0. The van der Waals surface area contributed by atoms with Crippen molar-refractivity contribution >= 4 is 0 Å². The molecule has 1 aromatic carbocycles. The van der Waals surface area contributed by atoms with Gasteiger partial charge in [0, 0.05) is 6.04 Å². The fraction of sp³-hybridized carbons (Fsp3) is 0.571. The number of hydrogen-bond acceptors (Lipinski definition) is 3. The number of ether oxygens (including phenoxy) is 1. The van der Waals surface area contributed by atoms with Gasteiger partial charge in [0.2, 0.25) is 0 Å². The standard InChI is InChI=1S/C14H23FN2O/c1-10(2)5-4-6-13(17-16)11-7-8-12(15)14(9-11)18-3/h7-10,13,17H,4-6,16H2,1-3H3. The topological polar surface area (TPSA) is 47.3 Å². The van der Waals surface area contributed by atoms with E-state index in [2.05, 4.69) is 19.3 Å². The van der Waals surface area contributed by atoms with Gasteiger partial charge in [0.05, 0.1) is 7.11 Å². The first-order chi connectivity index (χ1) is 8.58. The van der Waals surface area contributed by atoms with Crippen molar-refractivity contribution in [2.45, 2.75) is 39.2 Å². The summed E-state index contributed by atoms with van der Waals surface area (Å²) in [7, 11) is 1.46. The second-order valence-electron chi connectivity index (χ2n) is 4.94. The zero-order valence-electron chi connectivity index (χ0n) is 11.4. The molecule has 102 valence electrons. The first-order valence-electron chi connectivity index (χ1n) is 6.38. The Morgan fingerprint density at radius 1 is 1.33 bits per heavy atom. The molecule has 3 nitrogen and oxygen atoms in total. The Balaban J connectivity index is 2.69. The summed E-state index contributed by atoms with van der Waals surface area (Å²) in [5.74, 6) is 6.17. The van der Waals surface area contributed by atoms with Crippen molar-refractivity contribution in [1.82, 2.24) is 5.43 Å². The molecule has 0 aliphatic heterocycles. The number of hydrogen-bond donors (Lipinski definition) is 2. The van der Waals surface area contributed by atoms with E-state index in [-0.39, 0.29) is 17.6 Å². The second-order valence-corrected chi connectivity index (χ2v) is 4.94. The first-order valence-corrected chi connectivity index (χ1v) is 6.38. The van der Waals surface area contributed by atoms with Gasteiger partial charge in [0.1, 0.15) is 0 Å². The Morgan fingerprint density at radius 3 is 2.61 bits per heavy atom. The van der Waals surface area contributed by atoms with E-state index in [9.17, 15) is 4.39 Å². The van der Waals surface area contributed by atoms with Gasteiger partial charge >= 0.3 is 0 Å². The van der Waals surface area contributed by atoms with Crippen LogP contribution in [0.5, 0.6) is 5.75 Å². The lowest BCUT2D eigenvalue weighted by Crippen LogP contribution is -2.28. The lowest BCUT2D eigenvalue weighted by Gasteiger charge is -2.17. The molecule has 0 saturated heterocycles. The summed E-state index contributed by atoms with van der Waals surface area (Å²) in [4.78, 5) is 0. The van der Waals surface area contributed by atoms with Crippen molar-refractivity contribution in [2.75, 3.05) is 7.11 Å². The highest BCUT2D eigenvalue weighted by Gasteiger charge is 2.12. The quantitative estimate of drug-likeness (QED) is 0.580. The zero-order valence-corrected chi connectivity index (χ0v) is 11.4. The van der Waals surface area contributed by atoms with Crippen LogP contribution in [0.1, 0.15) is 44.7 Å². The van der Waals surface area contributed by atoms with Crippen molar-refractivity contribution in [3.63, 3.8) is 0 Å². The highest BCUT2D eigenvalue weighted by Crippen LogP contribution is 2.25. The number of nitrogens with one attached hydrogen (secondary N) is 1. The molecule has 1 unspecified atom stereocenters. The molecule has 0 radical (unpaired) electrons. The number of halogens is 1. The number of nitrogens with two attached hydrogens (primary N) is 1. The van der Waals surface area contributed by atoms with E-state index in [1.807, 2.05) is 0 Å². The van der Waals surface area contributed by atoms with Crippen molar-refractivity contribution in [1.29, 1.82) is 0 Å². The molecular formula is C14H23FN2O. The molecule has 0 aromatic heterocycles. The van der Waals surface area contributed by atoms with Crippen LogP contribution in [0.4, 0.5) is 4.39 Å². The molecule has 0 spiro atoms. The highest BCUT2D eigenvalue weighted by atomic mass is 19.1. The van der Waals surface area contributed by atoms with Gasteiger partial charge in [-0.25, -0.2) is 4.39 Å². The average molecular weight is 254 g/mol. The maximum Gasteiger partial charge on any atom is 0.165 e. The summed E-state index contributed by atoms with van der Waals surface area (Å²) in [6.07, 6.45) is 3.19. The van der Waals surface area contributed by atoms with Crippen molar-refractivity contribution < 1.29 is 9.13 Å². The summed E-state index contributed by atoms with van der Waals surface area (Å²) in [5, 5.41) is 0. The molecule has 0 aliphatic carbocycles.